The fraction of sp³-hybridized carbons (Fsp3) is 0.409. The lowest BCUT2D eigenvalue weighted by atomic mass is 9.97. The van der Waals surface area contributed by atoms with Crippen LogP contribution in [-0.4, -0.2) is 33.6 Å². The Bertz CT molecular complexity index is 1110. The van der Waals surface area contributed by atoms with E-state index in [0.29, 0.717) is 35.3 Å². The van der Waals surface area contributed by atoms with Gasteiger partial charge in [-0.25, -0.2) is 4.98 Å². The van der Waals surface area contributed by atoms with Gasteiger partial charge in [0.05, 0.1) is 11.1 Å². The van der Waals surface area contributed by atoms with Gasteiger partial charge in [0.25, 0.3) is 5.56 Å². The Hall–Kier alpha value is -1.83. The predicted octanol–water partition coefficient (Wildman–Crippen LogP) is 4.80. The molecule has 0 fully saturated rings. The van der Waals surface area contributed by atoms with Crippen LogP contribution in [0.4, 0.5) is 0 Å². The van der Waals surface area contributed by atoms with E-state index in [1.54, 1.807) is 28.0 Å². The number of amides is 1. The second-order valence-electron chi connectivity index (χ2n) is 7.58. The van der Waals surface area contributed by atoms with Crippen molar-refractivity contribution >= 4 is 50.8 Å². The Morgan fingerprint density at radius 2 is 2.03 bits per heavy atom. The van der Waals surface area contributed by atoms with E-state index in [-0.39, 0.29) is 11.5 Å². The van der Waals surface area contributed by atoms with Crippen molar-refractivity contribution in [1.29, 1.82) is 0 Å². The topological polar surface area (TPSA) is 66.1 Å². The number of nitrogens with zero attached hydrogens (tertiary/aromatic N) is 2. The van der Waals surface area contributed by atoms with Crippen molar-refractivity contribution in [2.24, 2.45) is 0 Å². The number of hydrogen-bond acceptors (Lipinski definition) is 5. The Morgan fingerprint density at radius 3 is 2.83 bits per heavy atom. The molecule has 3 aromatic rings. The number of aryl methyl sites for hydroxylation is 2. The first kappa shape index (κ1) is 21.4. The molecule has 0 saturated heterocycles. The fourth-order valence-corrected chi connectivity index (χ4v) is 5.95. The first-order valence-corrected chi connectivity index (χ1v) is 12.5. The first-order chi connectivity index (χ1) is 14.5. The molecule has 0 spiro atoms. The second kappa shape index (κ2) is 9.54. The summed E-state index contributed by atoms with van der Waals surface area (Å²) in [5.41, 5.74) is 2.24. The second-order valence-corrected chi connectivity index (χ2v) is 10.2. The standard InChI is InChI=1S/C22H24ClN3O2S2/c1-26(12-14-6-8-15(23)9-7-14)19(27)10-11-29-13-18-24-21(28)20-16-4-2-3-5-17(16)30-22(20)25-18/h6-9H,2-5,10-13H2,1H3,(H,24,25,28). The van der Waals surface area contributed by atoms with Crippen LogP contribution in [0, 0.1) is 0 Å². The monoisotopic (exact) mass is 461 g/mol. The largest absolute Gasteiger partial charge is 0.341 e. The molecule has 4 rings (SSSR count). The van der Waals surface area contributed by atoms with Gasteiger partial charge in [-0.3, -0.25) is 9.59 Å². The Morgan fingerprint density at radius 1 is 1.27 bits per heavy atom. The fourth-order valence-electron chi connectivity index (χ4n) is 3.75. The van der Waals surface area contributed by atoms with Gasteiger partial charge in [0.2, 0.25) is 5.91 Å². The molecule has 2 heterocycles. The highest BCUT2D eigenvalue weighted by Crippen LogP contribution is 2.33. The molecule has 158 valence electrons. The lowest BCUT2D eigenvalue weighted by Gasteiger charge is -2.17. The zero-order valence-corrected chi connectivity index (χ0v) is 19.3. The van der Waals surface area contributed by atoms with E-state index in [0.717, 1.165) is 35.0 Å². The van der Waals surface area contributed by atoms with Crippen molar-refractivity contribution in [3.05, 3.63) is 61.5 Å². The maximum atomic E-state index is 12.6. The van der Waals surface area contributed by atoms with Crippen molar-refractivity contribution in [3.8, 4) is 0 Å². The average Bonchev–Trinajstić information content (AvgIpc) is 3.11. The molecule has 8 heteroatoms. The van der Waals surface area contributed by atoms with E-state index in [2.05, 4.69) is 4.98 Å². The van der Waals surface area contributed by atoms with Gasteiger partial charge in [0, 0.05) is 35.7 Å². The molecule has 5 nitrogen and oxygen atoms in total. The smallest absolute Gasteiger partial charge is 0.259 e. The molecule has 0 atom stereocenters. The number of rotatable bonds is 7. The summed E-state index contributed by atoms with van der Waals surface area (Å²) in [6.45, 7) is 0.565. The highest BCUT2D eigenvalue weighted by Gasteiger charge is 2.19. The molecule has 2 aromatic heterocycles. The van der Waals surface area contributed by atoms with Gasteiger partial charge in [0.15, 0.2) is 0 Å². The number of nitrogens with one attached hydrogen (secondary N) is 1. The van der Waals surface area contributed by atoms with E-state index in [1.807, 2.05) is 31.3 Å². The van der Waals surface area contributed by atoms with Crippen LogP contribution in [0.15, 0.2) is 29.1 Å². The minimum absolute atomic E-state index is 0.0197. The lowest BCUT2D eigenvalue weighted by molar-refractivity contribution is -0.129. The van der Waals surface area contributed by atoms with Gasteiger partial charge in [-0.15, -0.1) is 11.3 Å². The van der Waals surface area contributed by atoms with Crippen molar-refractivity contribution in [3.63, 3.8) is 0 Å². The number of thioether (sulfide) groups is 1. The number of thiophene rings is 1. The van der Waals surface area contributed by atoms with Crippen LogP contribution in [0.25, 0.3) is 10.2 Å². The summed E-state index contributed by atoms with van der Waals surface area (Å²) in [7, 11) is 1.81. The third kappa shape index (κ3) is 4.90. The normalized spacial score (nSPS) is 13.4. The number of carbonyl (C=O) groups excluding carboxylic acids is 1. The van der Waals surface area contributed by atoms with Gasteiger partial charge < -0.3 is 9.88 Å². The van der Waals surface area contributed by atoms with Gasteiger partial charge in [-0.1, -0.05) is 23.7 Å². The predicted molar refractivity (Wildman–Crippen MR) is 126 cm³/mol. The summed E-state index contributed by atoms with van der Waals surface area (Å²) >= 11 is 9.19. The summed E-state index contributed by atoms with van der Waals surface area (Å²) in [6.07, 6.45) is 4.84. The number of fused-ring (bicyclic) bond motifs is 3. The van der Waals surface area contributed by atoms with E-state index in [1.165, 1.54) is 16.9 Å². The molecular weight excluding hydrogens is 438 g/mol. The molecule has 0 saturated carbocycles. The van der Waals surface area contributed by atoms with Crippen LogP contribution in [0.1, 0.15) is 41.1 Å². The average molecular weight is 462 g/mol. The summed E-state index contributed by atoms with van der Waals surface area (Å²) in [5.74, 6) is 2.08. The molecule has 1 amide bonds. The molecule has 0 aliphatic heterocycles. The van der Waals surface area contributed by atoms with Crippen LogP contribution in [-0.2, 0) is 29.9 Å². The maximum Gasteiger partial charge on any atom is 0.259 e. The molecular formula is C22H24ClN3O2S2. The van der Waals surface area contributed by atoms with E-state index < -0.39 is 0 Å². The van der Waals surface area contributed by atoms with Gasteiger partial charge in [-0.05, 0) is 48.9 Å². The quantitative estimate of drug-likeness (QED) is 0.513. The summed E-state index contributed by atoms with van der Waals surface area (Å²) in [6, 6.07) is 7.53. The maximum absolute atomic E-state index is 12.6. The molecule has 30 heavy (non-hydrogen) atoms. The van der Waals surface area contributed by atoms with Crippen LogP contribution >= 0.6 is 34.7 Å². The van der Waals surface area contributed by atoms with Crippen LogP contribution in [0.5, 0.6) is 0 Å². The highest BCUT2D eigenvalue weighted by atomic mass is 35.5. The third-order valence-electron chi connectivity index (χ3n) is 5.33. The zero-order valence-electron chi connectivity index (χ0n) is 16.9. The minimum atomic E-state index is -0.0197. The highest BCUT2D eigenvalue weighted by molar-refractivity contribution is 7.98. The van der Waals surface area contributed by atoms with Gasteiger partial charge in [0.1, 0.15) is 10.7 Å². The van der Waals surface area contributed by atoms with Crippen molar-refractivity contribution in [1.82, 2.24) is 14.9 Å². The first-order valence-electron chi connectivity index (χ1n) is 10.1. The van der Waals surface area contributed by atoms with Crippen molar-refractivity contribution in [2.75, 3.05) is 12.8 Å². The lowest BCUT2D eigenvalue weighted by Crippen LogP contribution is -2.26. The third-order valence-corrected chi connectivity index (χ3v) is 7.74. The Kier molecular flexibility index (Phi) is 6.80. The summed E-state index contributed by atoms with van der Waals surface area (Å²) in [4.78, 5) is 36.5. The Balaban J connectivity index is 1.30. The SMILES string of the molecule is CN(Cc1ccc(Cl)cc1)C(=O)CCSCc1nc2sc3c(c2c(=O)[nH]1)CCCC3. The van der Waals surface area contributed by atoms with Gasteiger partial charge in [-0.2, -0.15) is 11.8 Å². The van der Waals surface area contributed by atoms with E-state index in [4.69, 9.17) is 16.6 Å². The number of halogens is 1. The van der Waals surface area contributed by atoms with Crippen molar-refractivity contribution < 1.29 is 4.79 Å². The van der Waals surface area contributed by atoms with Gasteiger partial charge >= 0.3 is 0 Å². The number of hydrogen-bond donors (Lipinski definition) is 1. The molecule has 0 unspecified atom stereocenters. The van der Waals surface area contributed by atoms with Crippen LogP contribution in [0.3, 0.4) is 0 Å². The number of carbonyl (C=O) groups is 1. The summed E-state index contributed by atoms with van der Waals surface area (Å²) < 4.78 is 0. The Labute approximate surface area is 188 Å². The number of aromatic nitrogens is 2. The molecule has 0 bridgehead atoms. The van der Waals surface area contributed by atoms with E-state index >= 15 is 0 Å². The minimum Gasteiger partial charge on any atom is -0.341 e. The van der Waals surface area contributed by atoms with Crippen LogP contribution < -0.4 is 5.56 Å². The molecule has 1 aliphatic rings. The van der Waals surface area contributed by atoms with Crippen molar-refractivity contribution in [2.45, 2.75) is 44.4 Å². The molecule has 1 aromatic carbocycles. The molecule has 0 radical (unpaired) electrons. The zero-order chi connectivity index (χ0) is 21.1. The molecule has 1 aliphatic carbocycles. The van der Waals surface area contributed by atoms with E-state index in [9.17, 15) is 9.59 Å². The summed E-state index contributed by atoms with van der Waals surface area (Å²) in [5, 5.41) is 1.49. The number of benzene rings is 1. The number of aromatic amines is 1. The number of H-pyrrole nitrogens is 1. The van der Waals surface area contributed by atoms with Crippen LogP contribution in [0.2, 0.25) is 5.02 Å². The molecule has 1 N–H and O–H groups in total.